The molecule has 1 N–H and O–H groups in total. The van der Waals surface area contributed by atoms with Gasteiger partial charge in [0.1, 0.15) is 17.5 Å². The molecule has 7 heteroatoms. The maximum Gasteiger partial charge on any atom is 0.265 e. The maximum atomic E-state index is 12.6. The fraction of sp³-hybridized carbons (Fsp3) is 0.632. The van der Waals surface area contributed by atoms with Gasteiger partial charge in [-0.1, -0.05) is 6.42 Å². The summed E-state index contributed by atoms with van der Waals surface area (Å²) in [6.07, 6.45) is 7.28. The van der Waals surface area contributed by atoms with E-state index in [1.54, 1.807) is 14.0 Å². The molecule has 1 aliphatic rings. The van der Waals surface area contributed by atoms with Crippen LogP contribution in [0.5, 0.6) is 0 Å². The number of aromatic nitrogens is 2. The molecule has 7 nitrogen and oxygen atoms in total. The first-order valence-electron chi connectivity index (χ1n) is 9.46. The molecule has 26 heavy (non-hydrogen) atoms. The third-order valence-electron chi connectivity index (χ3n) is 5.27. The second-order valence-corrected chi connectivity index (χ2v) is 7.22. The number of piperidine rings is 1. The van der Waals surface area contributed by atoms with Crippen LogP contribution in [0, 0.1) is 6.92 Å². The molecule has 1 saturated heterocycles. The molecule has 142 valence electrons. The average Bonchev–Trinajstić information content (AvgIpc) is 2.96. The third kappa shape index (κ3) is 3.82. The molecule has 0 aromatic carbocycles. The van der Waals surface area contributed by atoms with E-state index >= 15 is 0 Å². The predicted molar refractivity (Wildman–Crippen MR) is 100 cm³/mol. The fourth-order valence-electron chi connectivity index (χ4n) is 3.68. The Hall–Kier alpha value is -2.15. The van der Waals surface area contributed by atoms with Crippen LogP contribution in [-0.4, -0.2) is 46.0 Å². The quantitative estimate of drug-likeness (QED) is 0.799. The first-order chi connectivity index (χ1) is 12.5. The van der Waals surface area contributed by atoms with E-state index in [1.807, 2.05) is 0 Å². The summed E-state index contributed by atoms with van der Waals surface area (Å²) in [5.74, 6) is 0.160. The number of furan rings is 1. The molecule has 1 fully saturated rings. The highest BCUT2D eigenvalue weighted by atomic mass is 16.3. The van der Waals surface area contributed by atoms with E-state index < -0.39 is 0 Å². The van der Waals surface area contributed by atoms with Crippen LogP contribution >= 0.6 is 0 Å². The summed E-state index contributed by atoms with van der Waals surface area (Å²) in [7, 11) is 1.61. The molecule has 1 unspecified atom stereocenters. The summed E-state index contributed by atoms with van der Waals surface area (Å²) in [6.45, 7) is 6.84. The van der Waals surface area contributed by atoms with Crippen molar-refractivity contribution in [2.24, 2.45) is 7.05 Å². The Morgan fingerprint density at radius 1 is 1.38 bits per heavy atom. The largest absolute Gasteiger partial charge is 0.442 e. The van der Waals surface area contributed by atoms with Gasteiger partial charge in [-0.2, -0.15) is 0 Å². The van der Waals surface area contributed by atoms with E-state index in [0.717, 1.165) is 19.4 Å². The van der Waals surface area contributed by atoms with Crippen molar-refractivity contribution in [2.75, 3.05) is 19.6 Å². The summed E-state index contributed by atoms with van der Waals surface area (Å²) in [6, 6.07) is 0.669. The van der Waals surface area contributed by atoms with E-state index in [4.69, 9.17) is 4.42 Å². The predicted octanol–water partition coefficient (Wildman–Crippen LogP) is 2.22. The lowest BCUT2D eigenvalue weighted by atomic mass is 10.0. The fourth-order valence-corrected chi connectivity index (χ4v) is 3.68. The van der Waals surface area contributed by atoms with Gasteiger partial charge in [-0.15, -0.1) is 0 Å². The van der Waals surface area contributed by atoms with Gasteiger partial charge in [0.15, 0.2) is 0 Å². The summed E-state index contributed by atoms with van der Waals surface area (Å²) >= 11 is 0. The normalized spacial score (nSPS) is 18.3. The first-order valence-corrected chi connectivity index (χ1v) is 9.46. The first kappa shape index (κ1) is 18.6. The zero-order chi connectivity index (χ0) is 18.7. The Morgan fingerprint density at radius 3 is 2.96 bits per heavy atom. The van der Waals surface area contributed by atoms with Crippen molar-refractivity contribution < 1.29 is 9.21 Å². The minimum absolute atomic E-state index is 0.217. The van der Waals surface area contributed by atoms with Crippen LogP contribution in [-0.2, 0) is 7.05 Å². The molecular formula is C19H28N4O3. The molecule has 0 saturated carbocycles. The zero-order valence-corrected chi connectivity index (χ0v) is 15.9. The number of hydrogen-bond donors (Lipinski definition) is 1. The van der Waals surface area contributed by atoms with Gasteiger partial charge in [0.2, 0.25) is 5.71 Å². The van der Waals surface area contributed by atoms with Gasteiger partial charge in [0.25, 0.3) is 11.5 Å². The highest BCUT2D eigenvalue weighted by Crippen LogP contribution is 2.20. The molecule has 0 spiro atoms. The highest BCUT2D eigenvalue weighted by Gasteiger charge is 2.22. The maximum absolute atomic E-state index is 12.6. The van der Waals surface area contributed by atoms with Crippen LogP contribution in [0.2, 0.25) is 0 Å². The summed E-state index contributed by atoms with van der Waals surface area (Å²) in [5.41, 5.74) is 0.254. The van der Waals surface area contributed by atoms with E-state index in [1.165, 1.54) is 36.7 Å². The number of nitrogens with one attached hydrogen (secondary N) is 1. The number of aryl methyl sites for hydroxylation is 2. The average molecular weight is 360 g/mol. The van der Waals surface area contributed by atoms with Gasteiger partial charge >= 0.3 is 0 Å². The number of carbonyl (C=O) groups excluding carboxylic acids is 1. The van der Waals surface area contributed by atoms with Gasteiger partial charge in [-0.3, -0.25) is 9.59 Å². The van der Waals surface area contributed by atoms with Crippen LogP contribution in [0.15, 0.2) is 15.5 Å². The zero-order valence-electron chi connectivity index (χ0n) is 15.9. The van der Waals surface area contributed by atoms with E-state index in [0.29, 0.717) is 23.9 Å². The van der Waals surface area contributed by atoms with Crippen molar-refractivity contribution >= 4 is 17.0 Å². The number of amides is 1. The summed E-state index contributed by atoms with van der Waals surface area (Å²) < 4.78 is 6.84. The van der Waals surface area contributed by atoms with E-state index in [9.17, 15) is 9.59 Å². The number of likely N-dealkylation sites (tertiary alicyclic amines) is 1. The van der Waals surface area contributed by atoms with Crippen molar-refractivity contribution in [1.82, 2.24) is 19.8 Å². The minimum Gasteiger partial charge on any atom is -0.442 e. The molecule has 0 radical (unpaired) electrons. The third-order valence-corrected chi connectivity index (χ3v) is 5.27. The van der Waals surface area contributed by atoms with Crippen molar-refractivity contribution in [1.29, 1.82) is 0 Å². The van der Waals surface area contributed by atoms with Crippen molar-refractivity contribution in [3.8, 4) is 0 Å². The van der Waals surface area contributed by atoms with Gasteiger partial charge < -0.3 is 19.2 Å². The molecule has 1 aliphatic heterocycles. The minimum atomic E-state index is -0.268. The van der Waals surface area contributed by atoms with Crippen molar-refractivity contribution in [3.05, 3.63) is 28.0 Å². The van der Waals surface area contributed by atoms with Gasteiger partial charge in [-0.25, -0.2) is 4.98 Å². The van der Waals surface area contributed by atoms with Crippen LogP contribution in [0.1, 0.15) is 55.1 Å². The molecule has 3 rings (SSSR count). The Balaban J connectivity index is 1.56. The van der Waals surface area contributed by atoms with Crippen molar-refractivity contribution in [2.45, 2.75) is 52.0 Å². The molecule has 0 aliphatic carbocycles. The number of fused-ring (bicyclic) bond motifs is 1. The molecule has 3 heterocycles. The smallest absolute Gasteiger partial charge is 0.265 e. The summed E-state index contributed by atoms with van der Waals surface area (Å²) in [5, 5.41) is 3.18. The lowest BCUT2D eigenvalue weighted by Crippen LogP contribution is -2.38. The van der Waals surface area contributed by atoms with Crippen LogP contribution in [0.3, 0.4) is 0 Å². The molecule has 1 atom stereocenters. The van der Waals surface area contributed by atoms with Crippen LogP contribution < -0.4 is 10.9 Å². The second-order valence-electron chi connectivity index (χ2n) is 7.22. The number of hydrogen-bond acceptors (Lipinski definition) is 5. The molecule has 0 bridgehead atoms. The van der Waals surface area contributed by atoms with Crippen molar-refractivity contribution in [3.63, 3.8) is 0 Å². The number of carbonyl (C=O) groups is 1. The lowest BCUT2D eigenvalue weighted by molar-refractivity contribution is 0.0951. The lowest BCUT2D eigenvalue weighted by Gasteiger charge is -2.33. The Morgan fingerprint density at radius 2 is 2.19 bits per heavy atom. The molecular weight excluding hydrogens is 332 g/mol. The number of nitrogens with zero attached hydrogens (tertiary/aromatic N) is 3. The topological polar surface area (TPSA) is 80.4 Å². The molecule has 2 aromatic rings. The Labute approximate surface area is 153 Å². The monoisotopic (exact) mass is 360 g/mol. The molecule has 2 aromatic heterocycles. The summed E-state index contributed by atoms with van der Waals surface area (Å²) in [4.78, 5) is 31.5. The Kier molecular flexibility index (Phi) is 5.76. The van der Waals surface area contributed by atoms with E-state index in [-0.39, 0.29) is 22.6 Å². The molecule has 1 amide bonds. The highest BCUT2D eigenvalue weighted by molar-refractivity contribution is 6.06. The number of rotatable bonds is 6. The standard InChI is InChI=1S/C19H28N4O3/c1-13-8-4-6-10-23(13)11-7-5-9-20-17(24)15-14(2)26-18-16(15)19(25)22(3)12-21-18/h12-13H,4-11H2,1-3H3,(H,20,24). The van der Waals surface area contributed by atoms with Gasteiger partial charge in [0, 0.05) is 19.6 Å². The number of unbranched alkanes of at least 4 members (excludes halogenated alkanes) is 1. The Bertz CT molecular complexity index is 839. The van der Waals surface area contributed by atoms with Crippen LogP contribution in [0.4, 0.5) is 0 Å². The van der Waals surface area contributed by atoms with Gasteiger partial charge in [0.05, 0.1) is 5.56 Å². The van der Waals surface area contributed by atoms with E-state index in [2.05, 4.69) is 22.1 Å². The SMILES string of the molecule is Cc1oc2ncn(C)c(=O)c2c1C(=O)NCCCCN1CCCCC1C. The van der Waals surface area contributed by atoms with Gasteiger partial charge in [-0.05, 0) is 52.6 Å². The van der Waals surface area contributed by atoms with Crippen LogP contribution in [0.25, 0.3) is 11.1 Å². The second kappa shape index (κ2) is 8.03.